The van der Waals surface area contributed by atoms with E-state index in [0.29, 0.717) is 0 Å². The maximum atomic E-state index is 12.9. The summed E-state index contributed by atoms with van der Waals surface area (Å²) in [5.74, 6) is -0.108. The third-order valence-corrected chi connectivity index (χ3v) is 4.35. The second kappa shape index (κ2) is 5.53. The van der Waals surface area contributed by atoms with Gasteiger partial charge >= 0.3 is 12.3 Å². The van der Waals surface area contributed by atoms with Gasteiger partial charge in [-0.1, -0.05) is 0 Å². The smallest absolute Gasteiger partial charge is 0.417 e. The number of halogens is 3. The van der Waals surface area contributed by atoms with Crippen molar-refractivity contribution < 1.29 is 27.9 Å². The third-order valence-electron chi connectivity index (χ3n) is 4.35. The molecular formula is C14H15F3N4O3. The number of alkyl halides is 3. The second-order valence-electron chi connectivity index (χ2n) is 5.80. The first-order chi connectivity index (χ1) is 11.2. The highest BCUT2D eigenvalue weighted by atomic mass is 19.4. The molecule has 1 N–H and O–H groups in total. The largest absolute Gasteiger partial charge is 0.465 e. The highest BCUT2D eigenvalue weighted by molar-refractivity contribution is 5.98. The number of carbonyl (C=O) groups is 2. The van der Waals surface area contributed by atoms with E-state index in [2.05, 4.69) is 4.98 Å². The lowest BCUT2D eigenvalue weighted by Gasteiger charge is -2.40. The minimum atomic E-state index is -4.56. The van der Waals surface area contributed by atoms with E-state index in [1.165, 1.54) is 11.9 Å². The Morgan fingerprint density at radius 1 is 1.38 bits per heavy atom. The summed E-state index contributed by atoms with van der Waals surface area (Å²) >= 11 is 0. The van der Waals surface area contributed by atoms with E-state index >= 15 is 0 Å². The van der Waals surface area contributed by atoms with Gasteiger partial charge in [0, 0.05) is 39.3 Å². The molecule has 1 aromatic rings. The molecule has 3 rings (SSSR count). The molecule has 0 saturated carbocycles. The van der Waals surface area contributed by atoms with Gasteiger partial charge in [0.05, 0.1) is 17.3 Å². The second-order valence-corrected chi connectivity index (χ2v) is 5.80. The van der Waals surface area contributed by atoms with Gasteiger partial charge in [0.2, 0.25) is 5.91 Å². The molecule has 1 aromatic heterocycles. The van der Waals surface area contributed by atoms with E-state index in [4.69, 9.17) is 5.11 Å². The monoisotopic (exact) mass is 344 g/mol. The number of hydrogen-bond donors (Lipinski definition) is 1. The maximum absolute atomic E-state index is 12.9. The average molecular weight is 344 g/mol. The molecule has 130 valence electrons. The summed E-state index contributed by atoms with van der Waals surface area (Å²) in [6.45, 7) is 0.576. The SMILES string of the molecule is CN1C(=O)CC2CN(C(=O)O)CCN2c2ncc(C(F)(F)F)cc21. The molecule has 0 spiro atoms. The van der Waals surface area contributed by atoms with Gasteiger partial charge in [-0.3, -0.25) is 4.79 Å². The standard InChI is InChI=1S/C14H15F3N4O3/c1-19-10-4-8(14(15,16)17)6-18-12(10)21-3-2-20(13(23)24)7-9(21)5-11(19)22/h4,6,9H,2-3,5,7H2,1H3,(H,23,24). The number of carboxylic acid groups (broad SMARTS) is 1. The van der Waals surface area contributed by atoms with Crippen LogP contribution in [0.4, 0.5) is 29.5 Å². The Balaban J connectivity index is 2.03. The van der Waals surface area contributed by atoms with Crippen LogP contribution in [0.15, 0.2) is 12.3 Å². The van der Waals surface area contributed by atoms with E-state index in [0.717, 1.165) is 17.2 Å². The Kier molecular flexibility index (Phi) is 3.77. The Labute approximate surface area is 135 Å². The van der Waals surface area contributed by atoms with Crippen molar-refractivity contribution in [3.8, 4) is 0 Å². The fraction of sp³-hybridized carbons (Fsp3) is 0.500. The zero-order valence-corrected chi connectivity index (χ0v) is 12.7. The number of hydrogen-bond acceptors (Lipinski definition) is 4. The van der Waals surface area contributed by atoms with Crippen LogP contribution in [0.1, 0.15) is 12.0 Å². The van der Waals surface area contributed by atoms with Crippen LogP contribution >= 0.6 is 0 Å². The summed E-state index contributed by atoms with van der Waals surface area (Å²) in [5, 5.41) is 9.11. The fourth-order valence-electron chi connectivity index (χ4n) is 3.02. The summed E-state index contributed by atoms with van der Waals surface area (Å²) in [6.07, 6.45) is -4.89. The van der Waals surface area contributed by atoms with Crippen molar-refractivity contribution in [2.75, 3.05) is 36.5 Å². The van der Waals surface area contributed by atoms with Gasteiger partial charge in [-0.25, -0.2) is 9.78 Å². The molecule has 2 amide bonds. The Morgan fingerprint density at radius 3 is 2.71 bits per heavy atom. The molecule has 7 nitrogen and oxygen atoms in total. The van der Waals surface area contributed by atoms with Crippen LogP contribution in [0, 0.1) is 0 Å². The van der Waals surface area contributed by atoms with Crippen LogP contribution < -0.4 is 9.80 Å². The molecule has 0 aromatic carbocycles. The number of rotatable bonds is 0. The molecule has 0 radical (unpaired) electrons. The molecule has 1 saturated heterocycles. The molecule has 0 bridgehead atoms. The highest BCUT2D eigenvalue weighted by Gasteiger charge is 2.39. The first-order valence-electron chi connectivity index (χ1n) is 7.27. The van der Waals surface area contributed by atoms with Crippen LogP contribution in [0.2, 0.25) is 0 Å². The van der Waals surface area contributed by atoms with Gasteiger partial charge in [-0.2, -0.15) is 13.2 Å². The van der Waals surface area contributed by atoms with Gasteiger partial charge < -0.3 is 19.8 Å². The molecule has 1 unspecified atom stereocenters. The number of nitrogens with zero attached hydrogens (tertiary/aromatic N) is 4. The molecule has 24 heavy (non-hydrogen) atoms. The summed E-state index contributed by atoms with van der Waals surface area (Å²) in [4.78, 5) is 31.4. The molecule has 2 aliphatic rings. The van der Waals surface area contributed by atoms with Gasteiger partial charge in [-0.05, 0) is 6.07 Å². The fourth-order valence-corrected chi connectivity index (χ4v) is 3.02. The Morgan fingerprint density at radius 2 is 2.08 bits per heavy atom. The number of carbonyl (C=O) groups excluding carboxylic acids is 1. The number of anilines is 2. The van der Waals surface area contributed by atoms with Crippen LogP contribution in [0.25, 0.3) is 0 Å². The van der Waals surface area contributed by atoms with Crippen molar-refractivity contribution in [1.82, 2.24) is 9.88 Å². The van der Waals surface area contributed by atoms with Crippen LogP contribution in [-0.2, 0) is 11.0 Å². The van der Waals surface area contributed by atoms with Gasteiger partial charge in [0.25, 0.3) is 0 Å². The number of amides is 2. The van der Waals surface area contributed by atoms with E-state index in [1.54, 1.807) is 4.90 Å². The minimum absolute atomic E-state index is 0.0119. The zero-order chi connectivity index (χ0) is 17.6. The predicted octanol–water partition coefficient (Wildman–Crippen LogP) is 1.64. The number of piperazine rings is 1. The van der Waals surface area contributed by atoms with Crippen molar-refractivity contribution >= 4 is 23.5 Å². The Bertz CT molecular complexity index is 694. The maximum Gasteiger partial charge on any atom is 0.417 e. The summed E-state index contributed by atoms with van der Waals surface area (Å²) in [5.41, 5.74) is -0.843. The number of pyridine rings is 1. The molecular weight excluding hydrogens is 329 g/mol. The highest BCUT2D eigenvalue weighted by Crippen LogP contribution is 2.38. The summed E-state index contributed by atoms with van der Waals surface area (Å²) < 4.78 is 38.8. The molecule has 1 atom stereocenters. The normalized spacial score (nSPS) is 21.2. The molecule has 1 fully saturated rings. The van der Waals surface area contributed by atoms with Crippen molar-refractivity contribution in [3.05, 3.63) is 17.8 Å². The van der Waals surface area contributed by atoms with E-state index in [1.807, 2.05) is 0 Å². The predicted molar refractivity (Wildman–Crippen MR) is 78.0 cm³/mol. The first kappa shape index (κ1) is 16.3. The van der Waals surface area contributed by atoms with Crippen molar-refractivity contribution in [2.45, 2.75) is 18.6 Å². The van der Waals surface area contributed by atoms with Crippen LogP contribution in [0.3, 0.4) is 0 Å². The average Bonchev–Trinajstić information content (AvgIpc) is 2.61. The summed E-state index contributed by atoms with van der Waals surface area (Å²) in [7, 11) is 1.40. The van der Waals surface area contributed by atoms with Gasteiger partial charge in [-0.15, -0.1) is 0 Å². The molecule has 3 heterocycles. The lowest BCUT2D eigenvalue weighted by Crippen LogP contribution is -2.55. The zero-order valence-electron chi connectivity index (χ0n) is 12.7. The lowest BCUT2D eigenvalue weighted by atomic mass is 10.1. The molecule has 10 heteroatoms. The van der Waals surface area contributed by atoms with Gasteiger partial charge in [0.15, 0.2) is 5.82 Å². The number of aromatic nitrogens is 1. The summed E-state index contributed by atoms with van der Waals surface area (Å²) in [6, 6.07) is 0.460. The third kappa shape index (κ3) is 2.72. The van der Waals surface area contributed by atoms with Crippen LogP contribution in [0.5, 0.6) is 0 Å². The topological polar surface area (TPSA) is 77.0 Å². The minimum Gasteiger partial charge on any atom is -0.465 e. The first-order valence-corrected chi connectivity index (χ1v) is 7.27. The van der Waals surface area contributed by atoms with E-state index in [9.17, 15) is 22.8 Å². The lowest BCUT2D eigenvalue weighted by molar-refractivity contribution is -0.137. The van der Waals surface area contributed by atoms with Crippen LogP contribution in [-0.4, -0.2) is 59.7 Å². The van der Waals surface area contributed by atoms with Crippen molar-refractivity contribution in [3.63, 3.8) is 0 Å². The molecule has 2 aliphatic heterocycles. The molecule has 0 aliphatic carbocycles. The van der Waals surface area contributed by atoms with Crippen molar-refractivity contribution in [1.29, 1.82) is 0 Å². The van der Waals surface area contributed by atoms with E-state index in [-0.39, 0.29) is 43.5 Å². The van der Waals surface area contributed by atoms with Crippen molar-refractivity contribution in [2.24, 2.45) is 0 Å². The quantitative estimate of drug-likeness (QED) is 0.774. The van der Waals surface area contributed by atoms with Gasteiger partial charge in [0.1, 0.15) is 0 Å². The van der Waals surface area contributed by atoms with E-state index < -0.39 is 23.9 Å². The Hall–Kier alpha value is -2.52. The number of fused-ring (bicyclic) bond motifs is 3.